The topological polar surface area (TPSA) is 77.0 Å². The highest BCUT2D eigenvalue weighted by Crippen LogP contribution is 2.36. The van der Waals surface area contributed by atoms with E-state index in [1.54, 1.807) is 36.4 Å². The number of ether oxygens (including phenoxy) is 2. The van der Waals surface area contributed by atoms with Gasteiger partial charge < -0.3 is 9.47 Å². The number of halogens is 1. The number of sulfonamides is 1. The third-order valence-electron chi connectivity index (χ3n) is 3.04. The quantitative estimate of drug-likeness (QED) is 0.400. The van der Waals surface area contributed by atoms with Gasteiger partial charge in [0.1, 0.15) is 6.61 Å². The van der Waals surface area contributed by atoms with Crippen LogP contribution in [-0.4, -0.2) is 28.3 Å². The Morgan fingerprint density at radius 2 is 2.00 bits per heavy atom. The SMILES string of the molecule is C=CCOc1c(Br)cc(C=NNS(=O)(=O)c2ccccc2)cc1OC. The molecule has 132 valence electrons. The van der Waals surface area contributed by atoms with E-state index < -0.39 is 10.0 Å². The Kier molecular flexibility index (Phi) is 6.60. The van der Waals surface area contributed by atoms with Crippen LogP contribution in [0, 0.1) is 0 Å². The molecule has 0 aromatic heterocycles. The average molecular weight is 425 g/mol. The van der Waals surface area contributed by atoms with E-state index in [9.17, 15) is 8.42 Å². The van der Waals surface area contributed by atoms with Crippen LogP contribution in [0.1, 0.15) is 5.56 Å². The van der Waals surface area contributed by atoms with Crippen molar-refractivity contribution in [3.63, 3.8) is 0 Å². The number of methoxy groups -OCH3 is 1. The number of benzene rings is 2. The molecule has 8 heteroatoms. The number of nitrogens with one attached hydrogen (secondary N) is 1. The molecule has 0 spiro atoms. The first-order valence-corrected chi connectivity index (χ1v) is 9.46. The van der Waals surface area contributed by atoms with Crippen LogP contribution in [0.25, 0.3) is 0 Å². The first kappa shape index (κ1) is 19.0. The summed E-state index contributed by atoms with van der Waals surface area (Å²) >= 11 is 3.40. The Bertz CT molecular complexity index is 868. The molecule has 0 aliphatic carbocycles. The second kappa shape index (κ2) is 8.68. The Morgan fingerprint density at radius 3 is 2.64 bits per heavy atom. The summed E-state index contributed by atoms with van der Waals surface area (Å²) in [6.45, 7) is 3.93. The first-order chi connectivity index (χ1) is 12.0. The van der Waals surface area contributed by atoms with Gasteiger partial charge in [-0.05, 0) is 45.8 Å². The molecule has 0 atom stereocenters. The van der Waals surface area contributed by atoms with Crippen molar-refractivity contribution < 1.29 is 17.9 Å². The van der Waals surface area contributed by atoms with E-state index in [0.717, 1.165) is 0 Å². The molecule has 2 aromatic carbocycles. The van der Waals surface area contributed by atoms with Crippen LogP contribution in [0.5, 0.6) is 11.5 Å². The van der Waals surface area contributed by atoms with E-state index in [-0.39, 0.29) is 4.90 Å². The summed E-state index contributed by atoms with van der Waals surface area (Å²) < 4.78 is 35.7. The molecule has 25 heavy (non-hydrogen) atoms. The molecule has 2 rings (SSSR count). The summed E-state index contributed by atoms with van der Waals surface area (Å²) in [4.78, 5) is 2.31. The van der Waals surface area contributed by atoms with Gasteiger partial charge in [-0.1, -0.05) is 30.9 Å². The van der Waals surface area contributed by atoms with Gasteiger partial charge in [-0.3, -0.25) is 0 Å². The Balaban J connectivity index is 2.18. The summed E-state index contributed by atoms with van der Waals surface area (Å²) in [5.74, 6) is 1.02. The molecule has 1 N–H and O–H groups in total. The molecule has 6 nitrogen and oxygen atoms in total. The first-order valence-electron chi connectivity index (χ1n) is 7.19. The molecule has 0 aliphatic rings. The zero-order valence-electron chi connectivity index (χ0n) is 13.5. The molecule has 0 aliphatic heterocycles. The van der Waals surface area contributed by atoms with Gasteiger partial charge in [0.15, 0.2) is 11.5 Å². The minimum absolute atomic E-state index is 0.138. The van der Waals surface area contributed by atoms with Crippen molar-refractivity contribution in [2.75, 3.05) is 13.7 Å². The molecule has 0 radical (unpaired) electrons. The second-order valence-electron chi connectivity index (χ2n) is 4.80. The standard InChI is InChI=1S/C17H17BrN2O4S/c1-3-9-24-17-15(18)10-13(11-16(17)23-2)12-19-20-25(21,22)14-7-5-4-6-8-14/h3-8,10-12,20H,1,9H2,2H3. The summed E-state index contributed by atoms with van der Waals surface area (Å²) in [5, 5.41) is 3.80. The van der Waals surface area contributed by atoms with Gasteiger partial charge >= 0.3 is 0 Å². The molecule has 0 heterocycles. The van der Waals surface area contributed by atoms with E-state index >= 15 is 0 Å². The molecule has 0 amide bonds. The highest BCUT2D eigenvalue weighted by molar-refractivity contribution is 9.10. The Hall–Kier alpha value is -2.32. The zero-order chi connectivity index (χ0) is 18.3. The monoisotopic (exact) mass is 424 g/mol. The normalized spacial score (nSPS) is 11.3. The van der Waals surface area contributed by atoms with Crippen LogP contribution in [0.4, 0.5) is 0 Å². The van der Waals surface area contributed by atoms with Gasteiger partial charge in [-0.2, -0.15) is 13.5 Å². The smallest absolute Gasteiger partial charge is 0.276 e. The molecule has 0 bridgehead atoms. The van der Waals surface area contributed by atoms with Gasteiger partial charge in [0.2, 0.25) is 0 Å². The van der Waals surface area contributed by atoms with Gasteiger partial charge in [0.25, 0.3) is 10.0 Å². The van der Waals surface area contributed by atoms with Crippen molar-refractivity contribution in [3.8, 4) is 11.5 Å². The van der Waals surface area contributed by atoms with Crippen LogP contribution in [-0.2, 0) is 10.0 Å². The van der Waals surface area contributed by atoms with Crippen molar-refractivity contribution in [2.45, 2.75) is 4.90 Å². The van der Waals surface area contributed by atoms with E-state index in [1.165, 1.54) is 25.5 Å². The lowest BCUT2D eigenvalue weighted by Gasteiger charge is -2.12. The van der Waals surface area contributed by atoms with Gasteiger partial charge in [-0.25, -0.2) is 4.83 Å². The van der Waals surface area contributed by atoms with Crippen LogP contribution in [0.15, 0.2) is 69.6 Å². The molecule has 0 unspecified atom stereocenters. The molecule has 0 saturated carbocycles. The van der Waals surface area contributed by atoms with E-state index in [1.807, 2.05) is 0 Å². The maximum Gasteiger partial charge on any atom is 0.276 e. The third kappa shape index (κ3) is 5.07. The largest absolute Gasteiger partial charge is 0.493 e. The lowest BCUT2D eigenvalue weighted by atomic mass is 10.2. The maximum absolute atomic E-state index is 12.1. The van der Waals surface area contributed by atoms with Gasteiger partial charge in [-0.15, -0.1) is 0 Å². The van der Waals surface area contributed by atoms with E-state index in [2.05, 4.69) is 32.4 Å². The second-order valence-corrected chi connectivity index (χ2v) is 7.31. The van der Waals surface area contributed by atoms with Crippen molar-refractivity contribution in [2.24, 2.45) is 5.10 Å². The highest BCUT2D eigenvalue weighted by atomic mass is 79.9. The lowest BCUT2D eigenvalue weighted by Crippen LogP contribution is -2.18. The van der Waals surface area contributed by atoms with Gasteiger partial charge in [0, 0.05) is 0 Å². The predicted molar refractivity (Wildman–Crippen MR) is 101 cm³/mol. The molecular formula is C17H17BrN2O4S. The number of rotatable bonds is 8. The summed E-state index contributed by atoms with van der Waals surface area (Å²) in [5.41, 5.74) is 0.630. The number of hydrazone groups is 1. The number of hydrogen-bond donors (Lipinski definition) is 1. The Labute approximate surface area is 155 Å². The van der Waals surface area contributed by atoms with Crippen molar-refractivity contribution >= 4 is 32.2 Å². The number of nitrogens with zero attached hydrogens (tertiary/aromatic N) is 1. The molecule has 0 fully saturated rings. The van der Waals surface area contributed by atoms with Crippen molar-refractivity contribution in [3.05, 3.63) is 65.2 Å². The van der Waals surface area contributed by atoms with Gasteiger partial charge in [0.05, 0.1) is 22.7 Å². The maximum atomic E-state index is 12.1. The fraction of sp³-hybridized carbons (Fsp3) is 0.118. The molecule has 2 aromatic rings. The summed E-state index contributed by atoms with van der Waals surface area (Å²) in [6.07, 6.45) is 3.00. The summed E-state index contributed by atoms with van der Waals surface area (Å²) in [6, 6.07) is 11.4. The van der Waals surface area contributed by atoms with E-state index in [4.69, 9.17) is 9.47 Å². The summed E-state index contributed by atoms with van der Waals surface area (Å²) in [7, 11) is -2.19. The predicted octanol–water partition coefficient (Wildman–Crippen LogP) is 3.33. The van der Waals surface area contributed by atoms with Crippen molar-refractivity contribution in [1.29, 1.82) is 0 Å². The lowest BCUT2D eigenvalue weighted by molar-refractivity contribution is 0.324. The number of hydrogen-bond acceptors (Lipinski definition) is 5. The minimum Gasteiger partial charge on any atom is -0.493 e. The highest BCUT2D eigenvalue weighted by Gasteiger charge is 2.12. The third-order valence-corrected chi connectivity index (χ3v) is 4.86. The van der Waals surface area contributed by atoms with E-state index in [0.29, 0.717) is 28.1 Å². The fourth-order valence-corrected chi connectivity index (χ4v) is 3.31. The fourth-order valence-electron chi connectivity index (χ4n) is 1.92. The van der Waals surface area contributed by atoms with Crippen LogP contribution < -0.4 is 14.3 Å². The minimum atomic E-state index is -3.70. The molecular weight excluding hydrogens is 408 g/mol. The zero-order valence-corrected chi connectivity index (χ0v) is 15.9. The Morgan fingerprint density at radius 1 is 1.28 bits per heavy atom. The van der Waals surface area contributed by atoms with Crippen LogP contribution in [0.2, 0.25) is 0 Å². The van der Waals surface area contributed by atoms with Crippen molar-refractivity contribution in [1.82, 2.24) is 4.83 Å². The molecule has 0 saturated heterocycles. The van der Waals surface area contributed by atoms with Crippen LogP contribution in [0.3, 0.4) is 0 Å². The average Bonchev–Trinajstić information content (AvgIpc) is 2.61. The van der Waals surface area contributed by atoms with Crippen LogP contribution >= 0.6 is 15.9 Å².